The first kappa shape index (κ1) is 20.6. The molecule has 0 bridgehead atoms. The molecule has 4 rings (SSSR count). The molecule has 0 aliphatic carbocycles. The van der Waals surface area contributed by atoms with E-state index in [0.29, 0.717) is 0 Å². The van der Waals surface area contributed by atoms with Crippen LogP contribution in [0.1, 0.15) is 23.9 Å². The second-order valence-electron chi connectivity index (χ2n) is 8.60. The smallest absolute Gasteiger partial charge is 0.282 e. The Hall–Kier alpha value is -2.70. The van der Waals surface area contributed by atoms with Gasteiger partial charge in [0.1, 0.15) is 32.7 Å². The van der Waals surface area contributed by atoms with Gasteiger partial charge in [0.25, 0.3) is 5.91 Å². The zero-order valence-electron chi connectivity index (χ0n) is 18.5. The number of fused-ring (bicyclic) bond motifs is 1. The molecule has 1 amide bonds. The molecule has 0 unspecified atom stereocenters. The molecule has 0 spiro atoms. The quantitative estimate of drug-likeness (QED) is 0.577. The fraction of sp³-hybridized carbons (Fsp3) is 0.417. The highest BCUT2D eigenvalue weighted by atomic mass is 16.2. The summed E-state index contributed by atoms with van der Waals surface area (Å²) in [6, 6.07) is 15.2. The Bertz CT molecular complexity index is 1040. The van der Waals surface area contributed by atoms with Crippen molar-refractivity contribution < 1.29 is 14.6 Å². The van der Waals surface area contributed by atoms with Gasteiger partial charge in [-0.3, -0.25) is 9.48 Å². The zero-order chi connectivity index (χ0) is 21.3. The lowest BCUT2D eigenvalue weighted by Gasteiger charge is -2.32. The third kappa shape index (κ3) is 4.11. The van der Waals surface area contributed by atoms with Crippen molar-refractivity contribution in [1.82, 2.24) is 9.78 Å². The van der Waals surface area contributed by atoms with E-state index in [-0.39, 0.29) is 11.9 Å². The van der Waals surface area contributed by atoms with Crippen molar-refractivity contribution in [2.45, 2.75) is 33.4 Å². The maximum atomic E-state index is 12.9. The monoisotopic (exact) mass is 407 g/mol. The van der Waals surface area contributed by atoms with E-state index < -0.39 is 0 Å². The Morgan fingerprint density at radius 2 is 1.80 bits per heavy atom. The summed E-state index contributed by atoms with van der Waals surface area (Å²) in [5.74, 6) is 0.0849. The molecule has 1 fully saturated rings. The molecule has 6 nitrogen and oxygen atoms in total. The van der Waals surface area contributed by atoms with Gasteiger partial charge in [-0.15, -0.1) is 0 Å². The topological polar surface area (TPSA) is 55.8 Å². The highest BCUT2D eigenvalue weighted by Crippen LogP contribution is 2.18. The highest BCUT2D eigenvalue weighted by Gasteiger charge is 2.31. The molecule has 1 aliphatic heterocycles. The van der Waals surface area contributed by atoms with Crippen molar-refractivity contribution in [2.75, 3.05) is 31.5 Å². The lowest BCUT2D eigenvalue weighted by molar-refractivity contribution is -1.02. The Morgan fingerprint density at radius 1 is 1.10 bits per heavy atom. The molecule has 0 saturated carbocycles. The molecule has 1 aromatic heterocycles. The van der Waals surface area contributed by atoms with Gasteiger partial charge >= 0.3 is 0 Å². The van der Waals surface area contributed by atoms with Crippen molar-refractivity contribution in [3.8, 4) is 0 Å². The number of piperazine rings is 1. The van der Waals surface area contributed by atoms with Gasteiger partial charge in [-0.25, -0.2) is 0 Å². The van der Waals surface area contributed by atoms with Crippen LogP contribution in [-0.4, -0.2) is 47.9 Å². The molecule has 30 heavy (non-hydrogen) atoms. The van der Waals surface area contributed by atoms with Crippen LogP contribution in [0.3, 0.4) is 0 Å². The number of benzene rings is 2. The standard InChI is InChI=1S/C24H31N5O/c1-17-23(18(2)27(4)26-17)25-24(30)19(3)29-14-12-28(13-15-29)16-21-10-7-9-20-8-5-6-11-22(20)21/h5-11,19H,12-16H2,1-4H3,(H,25,30)/p+2/t19-/m1/s1. The Labute approximate surface area is 178 Å². The third-order valence-corrected chi connectivity index (χ3v) is 6.68. The number of anilines is 1. The lowest BCUT2D eigenvalue weighted by atomic mass is 10.0. The first-order chi connectivity index (χ1) is 14.4. The van der Waals surface area contributed by atoms with Gasteiger partial charge in [0.2, 0.25) is 0 Å². The molecule has 3 aromatic rings. The van der Waals surface area contributed by atoms with Crippen LogP contribution in [0.4, 0.5) is 5.69 Å². The lowest BCUT2D eigenvalue weighted by Crippen LogP contribution is -3.29. The van der Waals surface area contributed by atoms with E-state index in [4.69, 9.17) is 0 Å². The maximum Gasteiger partial charge on any atom is 0.282 e. The summed E-state index contributed by atoms with van der Waals surface area (Å²) in [7, 11) is 1.91. The van der Waals surface area contributed by atoms with Gasteiger partial charge in [0, 0.05) is 12.6 Å². The largest absolute Gasteiger partial charge is 0.322 e. The average Bonchev–Trinajstić information content (AvgIpc) is 3.00. The molecule has 1 aliphatic rings. The zero-order valence-corrected chi connectivity index (χ0v) is 18.5. The second-order valence-corrected chi connectivity index (χ2v) is 8.60. The van der Waals surface area contributed by atoms with E-state index >= 15 is 0 Å². The number of rotatable bonds is 5. The van der Waals surface area contributed by atoms with Crippen molar-refractivity contribution in [3.63, 3.8) is 0 Å². The highest BCUT2D eigenvalue weighted by molar-refractivity contribution is 5.94. The van der Waals surface area contributed by atoms with Gasteiger partial charge in [-0.1, -0.05) is 42.5 Å². The van der Waals surface area contributed by atoms with Crippen LogP contribution in [-0.2, 0) is 18.4 Å². The van der Waals surface area contributed by atoms with Gasteiger partial charge in [0.15, 0.2) is 6.04 Å². The minimum absolute atomic E-state index is 0.0666. The Balaban J connectivity index is 1.35. The summed E-state index contributed by atoms with van der Waals surface area (Å²) in [6.07, 6.45) is 0. The number of aryl methyl sites for hydroxylation is 2. The first-order valence-electron chi connectivity index (χ1n) is 10.9. The van der Waals surface area contributed by atoms with E-state index in [1.54, 1.807) is 4.90 Å². The fourth-order valence-corrected chi connectivity index (χ4v) is 4.62. The number of quaternary nitrogens is 2. The molecule has 2 aromatic carbocycles. The van der Waals surface area contributed by atoms with Gasteiger partial charge < -0.3 is 15.1 Å². The number of hydrogen-bond donors (Lipinski definition) is 3. The number of carbonyl (C=O) groups excluding carboxylic acids is 1. The normalized spacial score (nSPS) is 20.3. The van der Waals surface area contributed by atoms with Crippen LogP contribution in [0.25, 0.3) is 10.8 Å². The number of aromatic nitrogens is 2. The van der Waals surface area contributed by atoms with Crippen molar-refractivity contribution in [2.24, 2.45) is 7.05 Å². The van der Waals surface area contributed by atoms with Crippen LogP contribution in [0.2, 0.25) is 0 Å². The fourth-order valence-electron chi connectivity index (χ4n) is 4.62. The summed E-state index contributed by atoms with van der Waals surface area (Å²) in [5.41, 5.74) is 4.14. The van der Waals surface area contributed by atoms with E-state index in [0.717, 1.165) is 49.8 Å². The van der Waals surface area contributed by atoms with Crippen molar-refractivity contribution >= 4 is 22.4 Å². The number of amides is 1. The van der Waals surface area contributed by atoms with Gasteiger partial charge in [-0.05, 0) is 31.5 Å². The van der Waals surface area contributed by atoms with E-state index in [2.05, 4.69) is 52.9 Å². The van der Waals surface area contributed by atoms with Gasteiger partial charge in [-0.2, -0.15) is 5.10 Å². The molecule has 1 saturated heterocycles. The minimum atomic E-state index is -0.0666. The van der Waals surface area contributed by atoms with Crippen LogP contribution in [0.15, 0.2) is 42.5 Å². The SMILES string of the molecule is Cc1nn(C)c(C)c1NC(=O)[C@@H](C)[NH+]1CC[NH+](Cc2cccc3ccccc23)CC1. The van der Waals surface area contributed by atoms with Crippen molar-refractivity contribution in [1.29, 1.82) is 0 Å². The van der Waals surface area contributed by atoms with E-state index in [1.807, 2.05) is 32.5 Å². The van der Waals surface area contributed by atoms with Gasteiger partial charge in [0.05, 0.1) is 17.1 Å². The predicted molar refractivity (Wildman–Crippen MR) is 120 cm³/mol. The molecule has 0 radical (unpaired) electrons. The number of carbonyl (C=O) groups is 1. The van der Waals surface area contributed by atoms with Crippen LogP contribution in [0.5, 0.6) is 0 Å². The molecule has 2 heterocycles. The molecule has 3 N–H and O–H groups in total. The predicted octanol–water partition coefficient (Wildman–Crippen LogP) is 0.501. The molecule has 6 heteroatoms. The summed E-state index contributed by atoms with van der Waals surface area (Å²) < 4.78 is 1.82. The molecule has 1 atom stereocenters. The second kappa shape index (κ2) is 8.58. The van der Waals surface area contributed by atoms with Crippen molar-refractivity contribution in [3.05, 3.63) is 59.4 Å². The maximum absolute atomic E-state index is 12.9. The summed E-state index contributed by atoms with van der Waals surface area (Å²) in [5, 5.41) is 10.2. The number of nitrogens with one attached hydrogen (secondary N) is 3. The average molecular weight is 408 g/mol. The summed E-state index contributed by atoms with van der Waals surface area (Å²) in [4.78, 5) is 15.8. The van der Waals surface area contributed by atoms with E-state index in [9.17, 15) is 4.79 Å². The van der Waals surface area contributed by atoms with Crippen LogP contribution < -0.4 is 15.1 Å². The summed E-state index contributed by atoms with van der Waals surface area (Å²) >= 11 is 0. The first-order valence-corrected chi connectivity index (χ1v) is 10.9. The molecular formula is C24H33N5O+2. The molecular weight excluding hydrogens is 374 g/mol. The molecule has 158 valence electrons. The van der Waals surface area contributed by atoms with E-state index in [1.165, 1.54) is 21.2 Å². The summed E-state index contributed by atoms with van der Waals surface area (Å²) in [6.45, 7) is 11.2. The van der Waals surface area contributed by atoms with Crippen LogP contribution >= 0.6 is 0 Å². The minimum Gasteiger partial charge on any atom is -0.322 e. The Kier molecular flexibility index (Phi) is 5.88. The Morgan fingerprint density at radius 3 is 2.50 bits per heavy atom. The number of nitrogens with zero attached hydrogens (tertiary/aromatic N) is 2. The van der Waals surface area contributed by atoms with Crippen LogP contribution in [0, 0.1) is 13.8 Å². The third-order valence-electron chi connectivity index (χ3n) is 6.68. The number of hydrogen-bond acceptors (Lipinski definition) is 2.